The van der Waals surface area contributed by atoms with Gasteiger partial charge in [-0.05, 0) is 157 Å². The van der Waals surface area contributed by atoms with E-state index in [2.05, 4.69) is 80.5 Å². The number of phenolic OH excluding ortho intramolecular Hbond substituents is 2. The number of hydrogen-bond acceptors (Lipinski definition) is 24. The highest BCUT2D eigenvalue weighted by atomic mass is 35.5. The normalized spacial score (nSPS) is 14.2. The van der Waals surface area contributed by atoms with Crippen LogP contribution in [0.5, 0.6) is 11.5 Å². The fourth-order valence-corrected chi connectivity index (χ4v) is 7.95. The van der Waals surface area contributed by atoms with Gasteiger partial charge in [0.25, 0.3) is 0 Å². The van der Waals surface area contributed by atoms with Crippen molar-refractivity contribution in [1.29, 1.82) is 21.3 Å². The van der Waals surface area contributed by atoms with Crippen molar-refractivity contribution in [2.24, 2.45) is 74.1 Å². The number of aliphatic hydroxyl groups is 10. The molecular formula is C62H87Cl2N20O20+. The molecule has 29 N–H and O–H groups in total. The van der Waals surface area contributed by atoms with Crippen LogP contribution < -0.4 is 41.1 Å². The second-order valence-corrected chi connectivity index (χ2v) is 23.4. The molecule has 5 aromatic carbocycles. The largest absolute Gasteiger partial charge is 1.00 e. The molecule has 5 rings (SSSR count). The lowest BCUT2D eigenvalue weighted by molar-refractivity contribution is -0.449. The second-order valence-electron chi connectivity index (χ2n) is 23.3. The number of quaternary nitrogens is 2. The number of halogens is 2. The van der Waals surface area contributed by atoms with Crippen molar-refractivity contribution in [3.05, 3.63) is 163 Å². The number of carboxylic acid groups (broad SMARTS) is 4. The Morgan fingerprint density at radius 3 is 0.933 bits per heavy atom. The van der Waals surface area contributed by atoms with Crippen LogP contribution in [0.1, 0.15) is 107 Å². The molecule has 0 aliphatic carbocycles. The van der Waals surface area contributed by atoms with E-state index in [4.69, 9.17) is 127 Å². The maximum Gasteiger partial charge on any atom is 0.335 e. The smallest absolute Gasteiger partial charge is 0.335 e. The summed E-state index contributed by atoms with van der Waals surface area (Å²) in [6.07, 6.45) is -2.81. The third kappa shape index (κ3) is 39.2. The third-order valence-corrected chi connectivity index (χ3v) is 13.4. The molecule has 0 amide bonds. The van der Waals surface area contributed by atoms with E-state index in [1.807, 2.05) is 36.4 Å². The lowest BCUT2D eigenvalue weighted by Crippen LogP contribution is -3.00. The first-order chi connectivity index (χ1) is 48.2. The van der Waals surface area contributed by atoms with Crippen molar-refractivity contribution < 1.29 is 125 Å². The molecule has 40 nitrogen and oxygen atoms in total. The summed E-state index contributed by atoms with van der Waals surface area (Å²) in [6, 6.07) is 31.6. The third-order valence-electron chi connectivity index (χ3n) is 13.4. The van der Waals surface area contributed by atoms with Crippen LogP contribution in [0.2, 0.25) is 0 Å². The molecule has 5 aromatic rings. The topological polar surface area (TPSA) is 756 Å². The minimum absolute atomic E-state index is 0. The predicted molar refractivity (Wildman–Crippen MR) is 356 cm³/mol. The molecule has 42 heteroatoms. The van der Waals surface area contributed by atoms with E-state index in [9.17, 15) is 24.3 Å². The van der Waals surface area contributed by atoms with E-state index in [0.717, 1.165) is 22.3 Å². The number of nitrogens with zero attached hydrogens (tertiary/aromatic N) is 14. The van der Waals surface area contributed by atoms with E-state index in [1.54, 1.807) is 63.2 Å². The number of carboxylic acids is 4. The Hall–Kier alpha value is -10.4. The van der Waals surface area contributed by atoms with Crippen molar-refractivity contribution in [3.63, 3.8) is 0 Å². The maximum absolute atomic E-state index is 10.9. The quantitative estimate of drug-likeness (QED) is 0.0150. The summed E-state index contributed by atoms with van der Waals surface area (Å²) >= 11 is 4.73. The first-order valence-electron chi connectivity index (χ1n) is 29.6. The van der Waals surface area contributed by atoms with Gasteiger partial charge >= 0.3 is 23.9 Å². The summed E-state index contributed by atoms with van der Waals surface area (Å²) in [5, 5.41) is 196. The summed E-state index contributed by atoms with van der Waals surface area (Å²) in [5.74, 6) is -6.25. The van der Waals surface area contributed by atoms with E-state index in [1.165, 1.54) is 32.0 Å². The molecule has 0 spiro atoms. The molecule has 7 atom stereocenters. The number of aliphatic carboxylic acids is 4. The highest BCUT2D eigenvalue weighted by Crippen LogP contribution is 2.27. The van der Waals surface area contributed by atoms with Gasteiger partial charge in [0.05, 0.1) is 70.7 Å². The van der Waals surface area contributed by atoms with Gasteiger partial charge in [0, 0.05) is 46.0 Å². The van der Waals surface area contributed by atoms with E-state index in [0.29, 0.717) is 69.3 Å². The number of hydrogen-bond donors (Lipinski definition) is 22. The van der Waals surface area contributed by atoms with Crippen molar-refractivity contribution in [2.75, 3.05) is 0 Å². The maximum atomic E-state index is 10.9. The van der Waals surface area contributed by atoms with Crippen LogP contribution in [-0.2, 0) is 104 Å². The summed E-state index contributed by atoms with van der Waals surface area (Å²) in [7, 11) is 0. The van der Waals surface area contributed by atoms with Crippen LogP contribution in [-0.4, -0.2) is 145 Å². The minimum Gasteiger partial charge on any atom is -1.00 e. The molecular weight excluding hydrogens is 1420 g/mol. The minimum atomic E-state index is -2.27. The van der Waals surface area contributed by atoms with Crippen LogP contribution in [0.3, 0.4) is 0 Å². The Labute approximate surface area is 605 Å². The number of benzene rings is 5. The Kier molecular flexibility index (Phi) is 47.1. The first kappa shape index (κ1) is 97.8. The highest BCUT2D eigenvalue weighted by Gasteiger charge is 2.31. The molecule has 0 radical (unpaired) electrons. The van der Waals surface area contributed by atoms with Crippen molar-refractivity contribution in [2.45, 2.75) is 159 Å². The second kappa shape index (κ2) is 50.1. The lowest BCUT2D eigenvalue weighted by atomic mass is 9.92. The number of nitriles is 3. The molecule has 0 aliphatic rings. The van der Waals surface area contributed by atoms with E-state index in [-0.39, 0.29) is 89.6 Å². The number of nitrogens with one attached hydrogen (secondary N) is 1. The van der Waals surface area contributed by atoms with Gasteiger partial charge in [-0.15, -0.1) is 0 Å². The van der Waals surface area contributed by atoms with Gasteiger partial charge in [0.15, 0.2) is 34.8 Å². The van der Waals surface area contributed by atoms with Crippen molar-refractivity contribution in [3.8, 4) is 29.7 Å². The Morgan fingerprint density at radius 2 is 0.692 bits per heavy atom. The Morgan fingerprint density at radius 1 is 0.433 bits per heavy atom. The van der Waals surface area contributed by atoms with Crippen molar-refractivity contribution >= 4 is 35.7 Å². The number of aliphatic hydroxyl groups excluding tert-OH is 10. The van der Waals surface area contributed by atoms with Crippen LogP contribution >= 0.6 is 11.8 Å². The molecule has 568 valence electrons. The SMILES string of the molecule is CC(N)(C#N)Cc1ccc(CO)c(CO)c1.C[C@@](N)(Cc1ccc(CO)c(CO)c1)C(=O)O.C[C@@](N)(Cc1ccc(O)c(O)c1)C(=O)O.C[C@]([NH3+])(C#N)Cc1ccc(CO)c(CO)c1.C[C@]([NH3+])(C#N)Cc1ccc(CO)c(CO)c1.N=N/N=N/N=N/N=N/N=N/N=NCl.O=C(O)[C@H](O)[C@@H](O)C(=O)O.[Cl-]. The zero-order valence-corrected chi connectivity index (χ0v) is 58.5. The summed E-state index contributed by atoms with van der Waals surface area (Å²) < 4.78 is 2.71. The fourth-order valence-electron chi connectivity index (χ4n) is 7.92. The molecule has 0 aliphatic heterocycles. The van der Waals surface area contributed by atoms with Crippen LogP contribution in [0.15, 0.2) is 148 Å². The van der Waals surface area contributed by atoms with Gasteiger partial charge in [0.1, 0.15) is 28.8 Å². The summed E-state index contributed by atoms with van der Waals surface area (Å²) in [6.45, 7) is 7.05. The van der Waals surface area contributed by atoms with Crippen LogP contribution in [0, 0.1) is 39.5 Å². The Balaban J connectivity index is -0.00000115. The zero-order valence-electron chi connectivity index (χ0n) is 57.0. The van der Waals surface area contributed by atoms with Crippen LogP contribution in [0.25, 0.3) is 0 Å². The summed E-state index contributed by atoms with van der Waals surface area (Å²) in [5.41, 5.74) is 35.2. The molecule has 0 saturated heterocycles. The number of phenols is 2. The molecule has 1 unspecified atom stereocenters. The standard InChI is InChI=1S/3C12H16N2O2.C12H17NO4.C10H13NO4.C4H6O6.ClHN12.ClH/c3*1-12(14,8-13)5-9-2-3-10(6-15)11(4-9)7-16;1-12(13,11(16)17)5-8-2-3-9(6-14)10(4-8)7-15;1-10(11,9(14)15)5-6-2-3-7(12)8(13)4-6;5-1(3(7)8)2(6)4(9)10;1-3-5-7-9-11-13-12-10-8-6-4-2;/h3*2-4,15-16H,5-7,14H2,1H3;2-4,14-15H,5-7,13H2,1H3,(H,16,17);2-4,12-13H,5,11H2,1H3,(H,14,15);1-2,5-6H,(H,7,8)(H,9,10);2H;1H/p+1/b;;;;;;4-2?,5-3?,8-6+,9-7+,12-10+,13-11+;/t2*12-;;12-;10-;1-,2-;;/m11.111../s1. The van der Waals surface area contributed by atoms with Crippen LogP contribution in [0.4, 0.5) is 0 Å². The molecule has 0 saturated carbocycles. The van der Waals surface area contributed by atoms with Gasteiger partial charge in [0.2, 0.25) is 0 Å². The molecule has 0 fully saturated rings. The molecule has 0 aromatic heterocycles. The van der Waals surface area contributed by atoms with Gasteiger partial charge in [-0.3, -0.25) is 9.59 Å². The zero-order chi connectivity index (χ0) is 79.3. The van der Waals surface area contributed by atoms with Gasteiger partial charge in [-0.2, -0.15) is 21.3 Å². The number of nitrogens with two attached hydrogens (primary N) is 3. The van der Waals surface area contributed by atoms with E-state index >= 15 is 0 Å². The number of rotatable bonds is 28. The lowest BCUT2D eigenvalue weighted by Gasteiger charge is -2.19. The van der Waals surface area contributed by atoms with Crippen molar-refractivity contribution in [1.82, 2.24) is 0 Å². The monoisotopic (exact) mass is 1500 g/mol. The average molecular weight is 1500 g/mol. The predicted octanol–water partition coefficient (Wildman–Crippen LogP) is -1.72. The molecule has 0 heterocycles. The first-order valence-corrected chi connectivity index (χ1v) is 29.9. The van der Waals surface area contributed by atoms with Gasteiger partial charge < -0.3 is 123 Å². The molecule has 104 heavy (non-hydrogen) atoms. The molecule has 0 bridgehead atoms. The fraction of sp³-hybridized carbons (Fsp3) is 0.403. The number of carbonyl (C=O) groups is 4. The van der Waals surface area contributed by atoms with E-state index < -0.39 is 63.8 Å². The average Bonchev–Trinajstić information content (AvgIpc) is 0.870. The summed E-state index contributed by atoms with van der Waals surface area (Å²) in [4.78, 5) is 41.2. The number of aromatic hydroxyl groups is 2. The highest BCUT2D eigenvalue weighted by molar-refractivity contribution is 6.13. The Bertz CT molecular complexity index is 3620. The van der Waals surface area contributed by atoms with Gasteiger partial charge in [-0.1, -0.05) is 83.5 Å². The van der Waals surface area contributed by atoms with Gasteiger partial charge in [-0.25, -0.2) is 9.59 Å².